The van der Waals surface area contributed by atoms with Gasteiger partial charge in [0.25, 0.3) is 0 Å². The molecule has 0 aliphatic carbocycles. The van der Waals surface area contributed by atoms with Gasteiger partial charge in [-0.3, -0.25) is 4.79 Å². The summed E-state index contributed by atoms with van der Waals surface area (Å²) in [6, 6.07) is 0. The quantitative estimate of drug-likeness (QED) is 0.757. The summed E-state index contributed by atoms with van der Waals surface area (Å²) in [5.41, 5.74) is 0.0465. The van der Waals surface area contributed by atoms with Crippen molar-refractivity contribution in [2.75, 3.05) is 13.1 Å². The van der Waals surface area contributed by atoms with Crippen LogP contribution in [0, 0.1) is 0 Å². The highest BCUT2D eigenvalue weighted by Crippen LogP contribution is 1.97. The van der Waals surface area contributed by atoms with E-state index in [2.05, 4.69) is 46.1 Å². The van der Waals surface area contributed by atoms with E-state index >= 15 is 0 Å². The van der Waals surface area contributed by atoms with Crippen LogP contribution in [0.2, 0.25) is 0 Å². The second-order valence-electron chi connectivity index (χ2n) is 4.87. The third kappa shape index (κ3) is 6.68. The SMILES string of the molecule is CC(C)(C)NCCC(=O)NCCc1ncon1. The van der Waals surface area contributed by atoms with Crippen molar-refractivity contribution in [3.63, 3.8) is 0 Å². The fourth-order valence-corrected chi connectivity index (χ4v) is 1.26. The third-order valence-electron chi connectivity index (χ3n) is 2.09. The van der Waals surface area contributed by atoms with Crippen LogP contribution in [0.3, 0.4) is 0 Å². The number of nitrogens with one attached hydrogen (secondary N) is 2. The number of carbonyl (C=O) groups is 1. The highest BCUT2D eigenvalue weighted by Gasteiger charge is 2.09. The van der Waals surface area contributed by atoms with Crippen LogP contribution in [-0.4, -0.2) is 34.7 Å². The predicted molar refractivity (Wildman–Crippen MR) is 63.4 cm³/mol. The fourth-order valence-electron chi connectivity index (χ4n) is 1.26. The van der Waals surface area contributed by atoms with E-state index in [1.165, 1.54) is 6.39 Å². The fraction of sp³-hybridized carbons (Fsp3) is 0.727. The Hall–Kier alpha value is -1.43. The summed E-state index contributed by atoms with van der Waals surface area (Å²) in [7, 11) is 0. The lowest BCUT2D eigenvalue weighted by molar-refractivity contribution is -0.121. The van der Waals surface area contributed by atoms with Crippen molar-refractivity contribution in [2.45, 2.75) is 39.2 Å². The van der Waals surface area contributed by atoms with Crippen LogP contribution in [0.15, 0.2) is 10.9 Å². The van der Waals surface area contributed by atoms with Gasteiger partial charge in [0.05, 0.1) is 0 Å². The average Bonchev–Trinajstić information content (AvgIpc) is 2.68. The lowest BCUT2D eigenvalue weighted by Gasteiger charge is -2.20. The number of aromatic nitrogens is 2. The van der Waals surface area contributed by atoms with E-state index in [-0.39, 0.29) is 11.4 Å². The number of nitrogens with zero attached hydrogens (tertiary/aromatic N) is 2. The van der Waals surface area contributed by atoms with Gasteiger partial charge in [-0.2, -0.15) is 4.98 Å². The Kier molecular flexibility index (Phi) is 5.09. The van der Waals surface area contributed by atoms with Crippen molar-refractivity contribution in [3.8, 4) is 0 Å². The van der Waals surface area contributed by atoms with Gasteiger partial charge in [-0.1, -0.05) is 5.16 Å². The van der Waals surface area contributed by atoms with Crippen molar-refractivity contribution in [1.29, 1.82) is 0 Å². The number of amides is 1. The highest BCUT2D eigenvalue weighted by atomic mass is 16.5. The van der Waals surface area contributed by atoms with E-state index in [0.717, 1.165) is 0 Å². The maximum Gasteiger partial charge on any atom is 0.221 e. The zero-order valence-electron chi connectivity index (χ0n) is 10.6. The summed E-state index contributed by atoms with van der Waals surface area (Å²) in [6.45, 7) is 7.43. The molecule has 6 nitrogen and oxygen atoms in total. The molecule has 0 bridgehead atoms. The van der Waals surface area contributed by atoms with Gasteiger partial charge in [0.1, 0.15) is 0 Å². The lowest BCUT2D eigenvalue weighted by atomic mass is 10.1. The zero-order valence-corrected chi connectivity index (χ0v) is 10.6. The maximum absolute atomic E-state index is 11.4. The molecular formula is C11H20N4O2. The highest BCUT2D eigenvalue weighted by molar-refractivity contribution is 5.76. The number of rotatable bonds is 6. The van der Waals surface area contributed by atoms with Crippen LogP contribution < -0.4 is 10.6 Å². The molecule has 0 fully saturated rings. The molecular weight excluding hydrogens is 220 g/mol. The Morgan fingerprint density at radius 3 is 2.76 bits per heavy atom. The van der Waals surface area contributed by atoms with Gasteiger partial charge >= 0.3 is 0 Å². The van der Waals surface area contributed by atoms with Crippen LogP contribution in [0.1, 0.15) is 33.0 Å². The molecule has 2 N–H and O–H groups in total. The molecule has 0 atom stereocenters. The van der Waals surface area contributed by atoms with E-state index in [1.54, 1.807) is 0 Å². The summed E-state index contributed by atoms with van der Waals surface area (Å²) in [5.74, 6) is 0.642. The van der Waals surface area contributed by atoms with Crippen LogP contribution in [0.4, 0.5) is 0 Å². The average molecular weight is 240 g/mol. The molecule has 1 aromatic heterocycles. The molecule has 0 aliphatic rings. The Morgan fingerprint density at radius 2 is 2.18 bits per heavy atom. The minimum atomic E-state index is 0.0326. The second-order valence-corrected chi connectivity index (χ2v) is 4.87. The van der Waals surface area contributed by atoms with Crippen molar-refractivity contribution < 1.29 is 9.32 Å². The van der Waals surface area contributed by atoms with E-state index in [0.29, 0.717) is 31.8 Å². The Labute approximate surface area is 101 Å². The molecule has 17 heavy (non-hydrogen) atoms. The van der Waals surface area contributed by atoms with Gasteiger partial charge in [0.2, 0.25) is 12.3 Å². The first-order chi connectivity index (χ1) is 7.97. The minimum absolute atomic E-state index is 0.0326. The van der Waals surface area contributed by atoms with Gasteiger partial charge in [-0.15, -0.1) is 0 Å². The minimum Gasteiger partial charge on any atom is -0.356 e. The van der Waals surface area contributed by atoms with E-state index < -0.39 is 0 Å². The summed E-state index contributed by atoms with van der Waals surface area (Å²) in [4.78, 5) is 15.3. The third-order valence-corrected chi connectivity index (χ3v) is 2.09. The lowest BCUT2D eigenvalue weighted by Crippen LogP contribution is -2.38. The molecule has 0 saturated heterocycles. The Balaban J connectivity index is 2.05. The smallest absolute Gasteiger partial charge is 0.221 e. The van der Waals surface area contributed by atoms with Crippen molar-refractivity contribution in [3.05, 3.63) is 12.2 Å². The summed E-state index contributed by atoms with van der Waals surface area (Å²) < 4.78 is 4.59. The van der Waals surface area contributed by atoms with Crippen molar-refractivity contribution in [2.24, 2.45) is 0 Å². The Bertz CT molecular complexity index is 330. The molecule has 6 heteroatoms. The normalized spacial score (nSPS) is 11.5. The van der Waals surface area contributed by atoms with Crippen LogP contribution in [0.25, 0.3) is 0 Å². The molecule has 0 spiro atoms. The van der Waals surface area contributed by atoms with Crippen molar-refractivity contribution in [1.82, 2.24) is 20.8 Å². The maximum atomic E-state index is 11.4. The van der Waals surface area contributed by atoms with E-state index in [9.17, 15) is 4.79 Å². The van der Waals surface area contributed by atoms with Gasteiger partial charge < -0.3 is 15.2 Å². The van der Waals surface area contributed by atoms with Gasteiger partial charge in [-0.25, -0.2) is 0 Å². The predicted octanol–water partition coefficient (Wildman–Crippen LogP) is 0.506. The summed E-state index contributed by atoms with van der Waals surface area (Å²) in [5, 5.41) is 9.72. The first-order valence-electron chi connectivity index (χ1n) is 5.74. The number of hydrogen-bond donors (Lipinski definition) is 2. The first kappa shape index (κ1) is 13.6. The standard InChI is InChI=1S/C11H20N4O2/c1-11(2,3)14-7-5-10(16)12-6-4-9-13-8-17-15-9/h8,14H,4-7H2,1-3H3,(H,12,16). The largest absolute Gasteiger partial charge is 0.356 e. The van der Waals surface area contributed by atoms with E-state index in [4.69, 9.17) is 0 Å². The second kappa shape index (κ2) is 6.34. The first-order valence-corrected chi connectivity index (χ1v) is 5.74. The number of carbonyl (C=O) groups excluding carboxylic acids is 1. The molecule has 0 saturated carbocycles. The van der Waals surface area contributed by atoms with Gasteiger partial charge in [0.15, 0.2) is 5.82 Å². The molecule has 96 valence electrons. The molecule has 1 heterocycles. The molecule has 0 unspecified atom stereocenters. The molecule has 0 aliphatic heterocycles. The summed E-state index contributed by atoms with van der Waals surface area (Å²) >= 11 is 0. The zero-order chi connectivity index (χ0) is 12.7. The molecule has 0 radical (unpaired) electrons. The van der Waals surface area contributed by atoms with Crippen LogP contribution >= 0.6 is 0 Å². The molecule has 1 aromatic rings. The molecule has 1 amide bonds. The monoisotopic (exact) mass is 240 g/mol. The van der Waals surface area contributed by atoms with E-state index in [1.807, 2.05) is 0 Å². The number of hydrogen-bond acceptors (Lipinski definition) is 5. The Morgan fingerprint density at radius 1 is 1.41 bits per heavy atom. The van der Waals surface area contributed by atoms with Gasteiger partial charge in [0, 0.05) is 31.5 Å². The molecule has 1 rings (SSSR count). The van der Waals surface area contributed by atoms with Crippen LogP contribution in [-0.2, 0) is 11.2 Å². The summed E-state index contributed by atoms with van der Waals surface area (Å²) in [6.07, 6.45) is 2.35. The molecule has 0 aromatic carbocycles. The van der Waals surface area contributed by atoms with Gasteiger partial charge in [-0.05, 0) is 20.8 Å². The van der Waals surface area contributed by atoms with Crippen LogP contribution in [0.5, 0.6) is 0 Å². The van der Waals surface area contributed by atoms with Crippen molar-refractivity contribution >= 4 is 5.91 Å². The topological polar surface area (TPSA) is 80.0 Å².